The summed E-state index contributed by atoms with van der Waals surface area (Å²) in [5, 5.41) is 12.5. The lowest BCUT2D eigenvalue weighted by Crippen LogP contribution is -2.56. The Kier molecular flexibility index (Phi) is 3.44. The van der Waals surface area contributed by atoms with E-state index in [-0.39, 0.29) is 17.9 Å². The first-order valence-corrected chi connectivity index (χ1v) is 5.68. The quantitative estimate of drug-likeness (QED) is 0.733. The first-order chi connectivity index (χ1) is 6.79. The van der Waals surface area contributed by atoms with E-state index >= 15 is 0 Å². The van der Waals surface area contributed by atoms with Crippen LogP contribution in [0.3, 0.4) is 0 Å². The lowest BCUT2D eigenvalue weighted by molar-refractivity contribution is -0.123. The lowest BCUT2D eigenvalue weighted by Gasteiger charge is -2.47. The molecule has 0 unspecified atom stereocenters. The van der Waals surface area contributed by atoms with Crippen LogP contribution in [0.5, 0.6) is 0 Å². The number of rotatable bonds is 2. The number of hydrogen-bond acceptors (Lipinski definition) is 2. The molecule has 0 radical (unpaired) electrons. The molecule has 3 nitrogen and oxygen atoms in total. The number of hydrogen-bond donors (Lipinski definition) is 2. The van der Waals surface area contributed by atoms with Crippen LogP contribution in [0.15, 0.2) is 0 Å². The van der Waals surface area contributed by atoms with Crippen molar-refractivity contribution in [2.45, 2.75) is 52.5 Å². The molecule has 1 fully saturated rings. The van der Waals surface area contributed by atoms with Crippen LogP contribution in [0.4, 0.5) is 0 Å². The molecule has 0 aromatic carbocycles. The van der Waals surface area contributed by atoms with Gasteiger partial charge in [0, 0.05) is 6.92 Å². The highest BCUT2D eigenvalue weighted by Crippen LogP contribution is 2.43. The third-order valence-electron chi connectivity index (χ3n) is 3.20. The van der Waals surface area contributed by atoms with Gasteiger partial charge in [-0.15, -0.1) is 0 Å². The van der Waals surface area contributed by atoms with Gasteiger partial charge in [-0.25, -0.2) is 0 Å². The smallest absolute Gasteiger partial charge is 0.217 e. The Morgan fingerprint density at radius 3 is 2.47 bits per heavy atom. The summed E-state index contributed by atoms with van der Waals surface area (Å²) in [6.45, 7) is 8.15. The van der Waals surface area contributed by atoms with Crippen molar-refractivity contribution in [3.8, 4) is 0 Å². The maximum atomic E-state index is 11.2. The first-order valence-electron chi connectivity index (χ1n) is 5.68. The van der Waals surface area contributed by atoms with Crippen molar-refractivity contribution in [2.24, 2.45) is 11.3 Å². The highest BCUT2D eigenvalue weighted by atomic mass is 16.3. The Morgan fingerprint density at radius 1 is 1.47 bits per heavy atom. The number of amides is 1. The van der Waals surface area contributed by atoms with Crippen molar-refractivity contribution < 1.29 is 9.90 Å². The highest BCUT2D eigenvalue weighted by molar-refractivity contribution is 5.73. The molecule has 15 heavy (non-hydrogen) atoms. The van der Waals surface area contributed by atoms with Gasteiger partial charge < -0.3 is 10.4 Å². The topological polar surface area (TPSA) is 49.3 Å². The summed E-state index contributed by atoms with van der Waals surface area (Å²) in [7, 11) is 0. The van der Waals surface area contributed by atoms with E-state index in [2.05, 4.69) is 26.1 Å². The molecular weight excluding hydrogens is 190 g/mol. The van der Waals surface area contributed by atoms with Crippen molar-refractivity contribution in [1.29, 1.82) is 0 Å². The van der Waals surface area contributed by atoms with Gasteiger partial charge in [-0.05, 0) is 30.6 Å². The van der Waals surface area contributed by atoms with E-state index in [1.165, 1.54) is 6.92 Å². The molecule has 1 aliphatic carbocycles. The minimum Gasteiger partial charge on any atom is -0.394 e. The summed E-state index contributed by atoms with van der Waals surface area (Å²) in [6.07, 6.45) is 2.90. The van der Waals surface area contributed by atoms with E-state index in [1.54, 1.807) is 0 Å². The normalized spacial score (nSPS) is 34.9. The predicted octanol–water partition coefficient (Wildman–Crippen LogP) is 1.70. The van der Waals surface area contributed by atoms with Crippen LogP contribution in [0.25, 0.3) is 0 Å². The Bertz CT molecular complexity index is 250. The average molecular weight is 213 g/mol. The zero-order chi connectivity index (χ0) is 11.7. The maximum absolute atomic E-state index is 11.2. The zero-order valence-electron chi connectivity index (χ0n) is 10.3. The molecule has 2 N–H and O–H groups in total. The summed E-state index contributed by atoms with van der Waals surface area (Å²) in [4.78, 5) is 11.2. The highest BCUT2D eigenvalue weighted by Gasteiger charge is 2.42. The molecule has 1 amide bonds. The van der Waals surface area contributed by atoms with E-state index in [1.807, 2.05) is 0 Å². The predicted molar refractivity (Wildman–Crippen MR) is 60.4 cm³/mol. The van der Waals surface area contributed by atoms with Crippen LogP contribution >= 0.6 is 0 Å². The van der Waals surface area contributed by atoms with Gasteiger partial charge in [-0.3, -0.25) is 4.79 Å². The standard InChI is InChI=1S/C12H23NO2/c1-9-5-11(3,4)7-12(6-9,8-14)13-10(2)15/h9,14H,5-8H2,1-4H3,(H,13,15)/t9-,12-/m0/s1. The van der Waals surface area contributed by atoms with Crippen LogP contribution in [0, 0.1) is 11.3 Å². The Morgan fingerprint density at radius 2 is 2.07 bits per heavy atom. The fourth-order valence-corrected chi connectivity index (χ4v) is 3.37. The average Bonchev–Trinajstić information content (AvgIpc) is 1.98. The molecule has 0 bridgehead atoms. The van der Waals surface area contributed by atoms with Gasteiger partial charge in [-0.1, -0.05) is 20.8 Å². The molecule has 0 aromatic rings. The molecule has 0 saturated heterocycles. The van der Waals surface area contributed by atoms with Gasteiger partial charge >= 0.3 is 0 Å². The fraction of sp³-hybridized carbons (Fsp3) is 0.917. The SMILES string of the molecule is CC(=O)N[C@@]1(CO)C[C@@H](C)CC(C)(C)C1. The molecule has 1 aliphatic rings. The minimum absolute atomic E-state index is 0.0420. The monoisotopic (exact) mass is 213 g/mol. The van der Waals surface area contributed by atoms with Gasteiger partial charge in [0.15, 0.2) is 0 Å². The molecular formula is C12H23NO2. The zero-order valence-corrected chi connectivity index (χ0v) is 10.3. The lowest BCUT2D eigenvalue weighted by atomic mass is 9.64. The van der Waals surface area contributed by atoms with Crippen LogP contribution in [-0.2, 0) is 4.79 Å². The van der Waals surface area contributed by atoms with E-state index < -0.39 is 5.54 Å². The first kappa shape index (κ1) is 12.5. The van der Waals surface area contributed by atoms with Crippen LogP contribution < -0.4 is 5.32 Å². The maximum Gasteiger partial charge on any atom is 0.217 e. The van der Waals surface area contributed by atoms with Crippen molar-refractivity contribution in [2.75, 3.05) is 6.61 Å². The molecule has 0 heterocycles. The van der Waals surface area contributed by atoms with Crippen LogP contribution in [0.2, 0.25) is 0 Å². The van der Waals surface area contributed by atoms with Gasteiger partial charge in [0.1, 0.15) is 0 Å². The third kappa shape index (κ3) is 3.20. The number of aliphatic hydroxyl groups is 1. The van der Waals surface area contributed by atoms with E-state index in [4.69, 9.17) is 0 Å². The Balaban J connectivity index is 2.83. The largest absolute Gasteiger partial charge is 0.394 e. The summed E-state index contributed by atoms with van der Waals surface area (Å²) >= 11 is 0. The molecule has 1 saturated carbocycles. The summed E-state index contributed by atoms with van der Waals surface area (Å²) < 4.78 is 0. The Hall–Kier alpha value is -0.570. The fourth-order valence-electron chi connectivity index (χ4n) is 3.37. The van der Waals surface area contributed by atoms with Crippen molar-refractivity contribution in [3.63, 3.8) is 0 Å². The third-order valence-corrected chi connectivity index (χ3v) is 3.20. The molecule has 0 aromatic heterocycles. The molecule has 2 atom stereocenters. The second-order valence-corrected chi connectivity index (χ2v) is 5.97. The van der Waals surface area contributed by atoms with E-state index in [0.717, 1.165) is 19.3 Å². The van der Waals surface area contributed by atoms with Crippen molar-refractivity contribution >= 4 is 5.91 Å². The van der Waals surface area contributed by atoms with Gasteiger partial charge in [0.25, 0.3) is 0 Å². The van der Waals surface area contributed by atoms with Crippen LogP contribution in [-0.4, -0.2) is 23.2 Å². The summed E-state index contributed by atoms with van der Waals surface area (Å²) in [5.74, 6) is 0.502. The van der Waals surface area contributed by atoms with Gasteiger partial charge in [0.2, 0.25) is 5.91 Å². The molecule has 88 valence electrons. The molecule has 0 aliphatic heterocycles. The minimum atomic E-state index is -0.396. The number of aliphatic hydroxyl groups excluding tert-OH is 1. The van der Waals surface area contributed by atoms with Crippen molar-refractivity contribution in [1.82, 2.24) is 5.32 Å². The molecule has 0 spiro atoms. The number of carbonyl (C=O) groups is 1. The second-order valence-electron chi connectivity index (χ2n) is 5.97. The number of carbonyl (C=O) groups excluding carboxylic acids is 1. The number of nitrogens with one attached hydrogen (secondary N) is 1. The summed E-state index contributed by atoms with van der Waals surface area (Å²) in [5.41, 5.74) is -0.199. The molecule has 3 heteroatoms. The van der Waals surface area contributed by atoms with Crippen LogP contribution in [0.1, 0.15) is 47.0 Å². The van der Waals surface area contributed by atoms with Crippen molar-refractivity contribution in [3.05, 3.63) is 0 Å². The molecule has 1 rings (SSSR count). The van der Waals surface area contributed by atoms with Gasteiger partial charge in [-0.2, -0.15) is 0 Å². The van der Waals surface area contributed by atoms with E-state index in [0.29, 0.717) is 5.92 Å². The Labute approximate surface area is 92.3 Å². The second kappa shape index (κ2) is 4.12. The summed E-state index contributed by atoms with van der Waals surface area (Å²) in [6, 6.07) is 0. The van der Waals surface area contributed by atoms with Gasteiger partial charge in [0.05, 0.1) is 12.1 Å². The van der Waals surface area contributed by atoms with E-state index in [9.17, 15) is 9.90 Å².